The van der Waals surface area contributed by atoms with Gasteiger partial charge in [0.05, 0.1) is 5.54 Å². The first kappa shape index (κ1) is 10.7. The predicted molar refractivity (Wildman–Crippen MR) is 54.0 cm³/mol. The molecule has 2 N–H and O–H groups in total. The van der Waals surface area contributed by atoms with E-state index in [4.69, 9.17) is 5.73 Å². The summed E-state index contributed by atoms with van der Waals surface area (Å²) in [5, 5.41) is 0. The molecule has 0 bridgehead atoms. The van der Waals surface area contributed by atoms with Crippen LogP contribution in [0.4, 0.5) is 0 Å². The van der Waals surface area contributed by atoms with Gasteiger partial charge in [-0.1, -0.05) is 32.5 Å². The van der Waals surface area contributed by atoms with E-state index in [-0.39, 0.29) is 5.54 Å². The number of hydrogen-bond acceptors (Lipinski definition) is 1. The summed E-state index contributed by atoms with van der Waals surface area (Å²) < 4.78 is 0. The molecule has 2 heteroatoms. The molecule has 0 aliphatic rings. The largest absolute Gasteiger partial charge is 0.315 e. The van der Waals surface area contributed by atoms with Crippen molar-refractivity contribution in [1.29, 1.82) is 0 Å². The monoisotopic (exact) mass is 169 g/mol. The summed E-state index contributed by atoms with van der Waals surface area (Å²) in [7, 11) is -1.22. The summed E-state index contributed by atoms with van der Waals surface area (Å²) in [5.74, 6) is 3.14. The number of rotatable bonds is 1. The van der Waals surface area contributed by atoms with Gasteiger partial charge in [0.1, 0.15) is 8.07 Å². The maximum Gasteiger partial charge on any atom is 0.129 e. The first-order chi connectivity index (χ1) is 4.77. The Labute approximate surface area is 71.4 Å². The third kappa shape index (κ3) is 6.15. The first-order valence-corrected chi connectivity index (χ1v) is 7.60. The molecule has 11 heavy (non-hydrogen) atoms. The van der Waals surface area contributed by atoms with Gasteiger partial charge in [0.25, 0.3) is 0 Å². The average molecular weight is 169 g/mol. The molecule has 0 amide bonds. The maximum absolute atomic E-state index is 5.87. The Bertz CT molecular complexity index is 178. The zero-order valence-corrected chi connectivity index (χ0v) is 9.28. The van der Waals surface area contributed by atoms with Crippen molar-refractivity contribution in [3.63, 3.8) is 0 Å². The van der Waals surface area contributed by atoms with Gasteiger partial charge in [0.15, 0.2) is 0 Å². The summed E-state index contributed by atoms with van der Waals surface area (Å²) in [6.45, 7) is 10.7. The number of nitrogens with two attached hydrogens (primary N) is 1. The average Bonchev–Trinajstić information content (AvgIpc) is 1.83. The van der Waals surface area contributed by atoms with E-state index in [0.29, 0.717) is 0 Å². The van der Waals surface area contributed by atoms with Crippen LogP contribution in [0.25, 0.3) is 0 Å². The second kappa shape index (κ2) is 3.42. The van der Waals surface area contributed by atoms with Gasteiger partial charge in [-0.25, -0.2) is 0 Å². The molecule has 0 saturated heterocycles. The topological polar surface area (TPSA) is 26.0 Å². The van der Waals surface area contributed by atoms with Crippen molar-refractivity contribution in [3.8, 4) is 11.5 Å². The molecule has 0 radical (unpaired) electrons. The molecule has 0 fully saturated rings. The molecule has 0 saturated carbocycles. The van der Waals surface area contributed by atoms with E-state index in [9.17, 15) is 0 Å². The minimum atomic E-state index is -1.22. The van der Waals surface area contributed by atoms with E-state index in [1.165, 1.54) is 0 Å². The van der Waals surface area contributed by atoms with Crippen LogP contribution in [0.15, 0.2) is 0 Å². The zero-order chi connectivity index (χ0) is 9.12. The van der Waals surface area contributed by atoms with E-state index in [1.807, 2.05) is 6.92 Å². The Morgan fingerprint density at radius 1 is 1.36 bits per heavy atom. The standard InChI is InChI=1S/C9H19NSi/c1-6-9(2,10)7-8-11(3,4)5/h6,10H2,1-5H3. The number of hydrogen-bond donors (Lipinski definition) is 1. The first-order valence-electron chi connectivity index (χ1n) is 4.10. The highest BCUT2D eigenvalue weighted by Crippen LogP contribution is 2.04. The summed E-state index contributed by atoms with van der Waals surface area (Å²) in [6.07, 6.45) is 0.921. The van der Waals surface area contributed by atoms with Crippen LogP contribution in [0.1, 0.15) is 20.3 Å². The third-order valence-corrected chi connectivity index (χ3v) is 2.33. The molecule has 1 atom stereocenters. The van der Waals surface area contributed by atoms with Crippen molar-refractivity contribution < 1.29 is 0 Å². The van der Waals surface area contributed by atoms with E-state index in [1.54, 1.807) is 0 Å². The van der Waals surface area contributed by atoms with Gasteiger partial charge in [-0.15, -0.1) is 5.54 Å². The predicted octanol–water partition coefficient (Wildman–Crippen LogP) is 1.99. The molecule has 0 aromatic heterocycles. The lowest BCUT2D eigenvalue weighted by atomic mass is 10.0. The summed E-state index contributed by atoms with van der Waals surface area (Å²) in [5.41, 5.74) is 8.87. The second-order valence-electron chi connectivity index (χ2n) is 4.27. The van der Waals surface area contributed by atoms with Crippen LogP contribution >= 0.6 is 0 Å². The van der Waals surface area contributed by atoms with Crippen molar-refractivity contribution in [2.24, 2.45) is 5.73 Å². The molecule has 0 aliphatic carbocycles. The molecule has 0 aliphatic heterocycles. The van der Waals surface area contributed by atoms with Gasteiger partial charge in [0.2, 0.25) is 0 Å². The molecule has 0 rings (SSSR count). The van der Waals surface area contributed by atoms with Crippen molar-refractivity contribution >= 4 is 8.07 Å². The summed E-state index contributed by atoms with van der Waals surface area (Å²) in [4.78, 5) is 0. The second-order valence-corrected chi connectivity index (χ2v) is 9.02. The fourth-order valence-corrected chi connectivity index (χ4v) is 1.08. The molecule has 64 valence electrons. The quantitative estimate of drug-likeness (QED) is 0.471. The summed E-state index contributed by atoms with van der Waals surface area (Å²) >= 11 is 0. The lowest BCUT2D eigenvalue weighted by molar-refractivity contribution is 0.586. The van der Waals surface area contributed by atoms with Gasteiger partial charge in [0, 0.05) is 0 Å². The SMILES string of the molecule is CCC(C)(N)C#C[Si](C)(C)C. The Morgan fingerprint density at radius 2 is 1.82 bits per heavy atom. The van der Waals surface area contributed by atoms with Gasteiger partial charge in [-0.3, -0.25) is 0 Å². The van der Waals surface area contributed by atoms with Crippen molar-refractivity contribution in [2.45, 2.75) is 45.4 Å². The third-order valence-electron chi connectivity index (χ3n) is 1.46. The lowest BCUT2D eigenvalue weighted by Gasteiger charge is -2.15. The van der Waals surface area contributed by atoms with Crippen molar-refractivity contribution in [3.05, 3.63) is 0 Å². The van der Waals surface area contributed by atoms with Gasteiger partial charge >= 0.3 is 0 Å². The minimum Gasteiger partial charge on any atom is -0.315 e. The van der Waals surface area contributed by atoms with E-state index in [2.05, 4.69) is 38.0 Å². The van der Waals surface area contributed by atoms with Crippen LogP contribution in [0, 0.1) is 11.5 Å². The molecule has 0 aromatic carbocycles. The molecular weight excluding hydrogens is 150 g/mol. The Balaban J connectivity index is 4.29. The zero-order valence-electron chi connectivity index (χ0n) is 8.28. The van der Waals surface area contributed by atoms with Crippen LogP contribution in [0.3, 0.4) is 0 Å². The van der Waals surface area contributed by atoms with E-state index in [0.717, 1.165) is 6.42 Å². The Morgan fingerprint density at radius 3 is 2.09 bits per heavy atom. The summed E-state index contributed by atoms with van der Waals surface area (Å²) in [6, 6.07) is 0. The molecular formula is C9H19NSi. The molecule has 1 unspecified atom stereocenters. The normalized spacial score (nSPS) is 16.5. The Hall–Kier alpha value is -0.263. The van der Waals surface area contributed by atoms with Crippen LogP contribution in [0.5, 0.6) is 0 Å². The molecule has 0 heterocycles. The highest BCUT2D eigenvalue weighted by atomic mass is 28.3. The molecule has 1 nitrogen and oxygen atoms in total. The van der Waals surface area contributed by atoms with Crippen LogP contribution in [0.2, 0.25) is 19.6 Å². The van der Waals surface area contributed by atoms with Gasteiger partial charge in [-0.05, 0) is 13.3 Å². The minimum absolute atomic E-state index is 0.277. The van der Waals surface area contributed by atoms with Crippen LogP contribution in [-0.2, 0) is 0 Å². The van der Waals surface area contributed by atoms with Crippen LogP contribution < -0.4 is 5.73 Å². The van der Waals surface area contributed by atoms with Crippen molar-refractivity contribution in [2.75, 3.05) is 0 Å². The van der Waals surface area contributed by atoms with Crippen LogP contribution in [-0.4, -0.2) is 13.6 Å². The molecule has 0 aromatic rings. The molecule has 0 spiro atoms. The fourth-order valence-electron chi connectivity index (χ4n) is 0.419. The van der Waals surface area contributed by atoms with E-state index >= 15 is 0 Å². The highest BCUT2D eigenvalue weighted by Gasteiger charge is 2.13. The smallest absolute Gasteiger partial charge is 0.129 e. The van der Waals surface area contributed by atoms with Gasteiger partial charge in [-0.2, -0.15) is 0 Å². The van der Waals surface area contributed by atoms with Crippen molar-refractivity contribution in [1.82, 2.24) is 0 Å². The van der Waals surface area contributed by atoms with E-state index < -0.39 is 8.07 Å². The highest BCUT2D eigenvalue weighted by molar-refractivity contribution is 6.83. The lowest BCUT2D eigenvalue weighted by Crippen LogP contribution is -2.34. The Kier molecular flexibility index (Phi) is 3.34. The maximum atomic E-state index is 5.87. The fraction of sp³-hybridized carbons (Fsp3) is 0.778. The van der Waals surface area contributed by atoms with Gasteiger partial charge < -0.3 is 5.73 Å².